The molecular formula is C2H3IN4. The van der Waals surface area contributed by atoms with Gasteiger partial charge in [0.2, 0.25) is 0 Å². The highest BCUT2D eigenvalue weighted by atomic mass is 127. The van der Waals surface area contributed by atoms with Gasteiger partial charge in [-0.1, -0.05) is 4.91 Å². The Balaban J connectivity index is 3.04. The summed E-state index contributed by atoms with van der Waals surface area (Å²) in [7, 11) is 0. The summed E-state index contributed by atoms with van der Waals surface area (Å²) in [5.41, 5.74) is 0. The van der Waals surface area contributed by atoms with Crippen molar-refractivity contribution in [2.45, 2.75) is 0 Å². The third-order valence-corrected chi connectivity index (χ3v) is 0.975. The van der Waals surface area contributed by atoms with Crippen molar-refractivity contribution < 1.29 is 0 Å². The van der Waals surface area contributed by atoms with Crippen LogP contribution in [0.25, 0.3) is 0 Å². The van der Waals surface area contributed by atoms with Gasteiger partial charge >= 0.3 is 0 Å². The lowest BCUT2D eigenvalue weighted by atomic mass is 11.0. The molecule has 7 heavy (non-hydrogen) atoms. The zero-order chi connectivity index (χ0) is 5.28. The molecule has 5 heteroatoms. The lowest BCUT2D eigenvalue weighted by molar-refractivity contribution is 0.704. The third-order valence-electron chi connectivity index (χ3n) is 0.481. The SMILES string of the molecule is Nn1ncc(I)n1. The van der Waals surface area contributed by atoms with E-state index >= 15 is 0 Å². The number of hydrogen-bond acceptors (Lipinski definition) is 3. The molecule has 1 aromatic heterocycles. The first-order valence-electron chi connectivity index (χ1n) is 1.62. The third kappa shape index (κ3) is 1.02. The maximum absolute atomic E-state index is 5.07. The fraction of sp³-hybridized carbons (Fsp3) is 0. The second-order valence-electron chi connectivity index (χ2n) is 0.988. The van der Waals surface area contributed by atoms with Crippen LogP contribution in [0.5, 0.6) is 0 Å². The zero-order valence-corrected chi connectivity index (χ0v) is 5.53. The van der Waals surface area contributed by atoms with Gasteiger partial charge in [0, 0.05) is 0 Å². The first-order valence-corrected chi connectivity index (χ1v) is 2.70. The molecule has 0 saturated carbocycles. The lowest BCUT2D eigenvalue weighted by Gasteiger charge is -1.77. The van der Waals surface area contributed by atoms with Crippen molar-refractivity contribution in [1.29, 1.82) is 0 Å². The second kappa shape index (κ2) is 1.65. The van der Waals surface area contributed by atoms with Gasteiger partial charge in [-0.15, -0.1) is 10.2 Å². The van der Waals surface area contributed by atoms with Gasteiger partial charge in [-0.2, -0.15) is 0 Å². The van der Waals surface area contributed by atoms with Crippen LogP contribution in [0.4, 0.5) is 0 Å². The van der Waals surface area contributed by atoms with E-state index in [1.165, 1.54) is 0 Å². The first-order chi connectivity index (χ1) is 3.29. The van der Waals surface area contributed by atoms with E-state index < -0.39 is 0 Å². The Hall–Kier alpha value is -0.330. The summed E-state index contributed by atoms with van der Waals surface area (Å²) in [6.45, 7) is 0. The number of aromatic nitrogens is 3. The summed E-state index contributed by atoms with van der Waals surface area (Å²) in [4.78, 5) is 1.03. The van der Waals surface area contributed by atoms with Crippen LogP contribution in [-0.4, -0.2) is 15.1 Å². The van der Waals surface area contributed by atoms with E-state index in [-0.39, 0.29) is 0 Å². The molecule has 0 aliphatic heterocycles. The minimum Gasteiger partial charge on any atom is -0.306 e. The Labute approximate surface area is 53.8 Å². The molecule has 0 bridgehead atoms. The van der Waals surface area contributed by atoms with E-state index in [1.807, 2.05) is 22.6 Å². The number of nitrogens with two attached hydrogens (primary N) is 1. The van der Waals surface area contributed by atoms with Crippen molar-refractivity contribution >= 4 is 22.6 Å². The largest absolute Gasteiger partial charge is 0.306 e. The molecule has 0 unspecified atom stereocenters. The molecule has 0 amide bonds. The highest BCUT2D eigenvalue weighted by Crippen LogP contribution is 1.91. The van der Waals surface area contributed by atoms with E-state index in [4.69, 9.17) is 5.84 Å². The van der Waals surface area contributed by atoms with Crippen LogP contribution in [0.15, 0.2) is 6.20 Å². The Morgan fingerprint density at radius 3 is 2.71 bits per heavy atom. The van der Waals surface area contributed by atoms with Crippen LogP contribution >= 0.6 is 22.6 Å². The highest BCUT2D eigenvalue weighted by molar-refractivity contribution is 14.1. The molecule has 0 radical (unpaired) electrons. The Kier molecular flexibility index (Phi) is 1.13. The molecule has 0 fully saturated rings. The molecule has 1 heterocycles. The van der Waals surface area contributed by atoms with Gasteiger partial charge < -0.3 is 5.84 Å². The standard InChI is InChI=1S/C2H3IN4/c3-2-1-5-7(4)6-2/h1H,4H2. The van der Waals surface area contributed by atoms with Crippen molar-refractivity contribution in [2.75, 3.05) is 5.84 Å². The van der Waals surface area contributed by atoms with Gasteiger partial charge in [0.15, 0.2) is 0 Å². The van der Waals surface area contributed by atoms with Crippen molar-refractivity contribution in [3.8, 4) is 0 Å². The van der Waals surface area contributed by atoms with Gasteiger partial charge in [-0.05, 0) is 22.6 Å². The van der Waals surface area contributed by atoms with Crippen molar-refractivity contribution in [3.05, 3.63) is 9.90 Å². The van der Waals surface area contributed by atoms with E-state index in [1.54, 1.807) is 6.20 Å². The van der Waals surface area contributed by atoms with Crippen molar-refractivity contribution in [3.63, 3.8) is 0 Å². The molecular weight excluding hydrogens is 207 g/mol. The fourth-order valence-corrected chi connectivity index (χ4v) is 0.602. The van der Waals surface area contributed by atoms with Crippen LogP contribution in [-0.2, 0) is 0 Å². The summed E-state index contributed by atoms with van der Waals surface area (Å²) in [6, 6.07) is 0. The molecule has 0 spiro atoms. The fourth-order valence-electron chi connectivity index (χ4n) is 0.256. The van der Waals surface area contributed by atoms with Crippen LogP contribution in [0, 0.1) is 3.70 Å². The second-order valence-corrected chi connectivity index (χ2v) is 2.09. The van der Waals surface area contributed by atoms with Crippen LogP contribution < -0.4 is 5.84 Å². The quantitative estimate of drug-likeness (QED) is 0.468. The highest BCUT2D eigenvalue weighted by Gasteiger charge is 1.86. The molecule has 1 aromatic rings. The summed E-state index contributed by atoms with van der Waals surface area (Å²) in [5.74, 6) is 5.07. The molecule has 4 nitrogen and oxygen atoms in total. The molecule has 0 aromatic carbocycles. The minimum atomic E-state index is 0.806. The molecule has 0 saturated heterocycles. The molecule has 0 aliphatic carbocycles. The molecule has 0 aliphatic rings. The summed E-state index contributed by atoms with van der Waals surface area (Å²) in [5, 5.41) is 7.27. The molecule has 38 valence electrons. The summed E-state index contributed by atoms with van der Waals surface area (Å²) >= 11 is 2.03. The van der Waals surface area contributed by atoms with Gasteiger partial charge in [0.1, 0.15) is 3.70 Å². The van der Waals surface area contributed by atoms with Gasteiger partial charge in [-0.25, -0.2) is 0 Å². The molecule has 1 rings (SSSR count). The number of rotatable bonds is 0. The topological polar surface area (TPSA) is 56.7 Å². The number of halogens is 1. The van der Waals surface area contributed by atoms with Crippen LogP contribution in [0.1, 0.15) is 0 Å². The predicted molar refractivity (Wildman–Crippen MR) is 32.9 cm³/mol. The Bertz CT molecular complexity index is 142. The maximum Gasteiger partial charge on any atom is 0.145 e. The van der Waals surface area contributed by atoms with E-state index in [0.29, 0.717) is 0 Å². The van der Waals surface area contributed by atoms with Crippen LogP contribution in [0.3, 0.4) is 0 Å². The average Bonchev–Trinajstić information content (AvgIpc) is 1.87. The molecule has 0 atom stereocenters. The van der Waals surface area contributed by atoms with Gasteiger partial charge in [0.05, 0.1) is 6.20 Å². The van der Waals surface area contributed by atoms with E-state index in [2.05, 4.69) is 10.2 Å². The number of nitrogen functional groups attached to an aromatic ring is 1. The zero-order valence-electron chi connectivity index (χ0n) is 3.37. The molecule has 2 N–H and O–H groups in total. The van der Waals surface area contributed by atoms with E-state index in [0.717, 1.165) is 8.61 Å². The van der Waals surface area contributed by atoms with Gasteiger partial charge in [0.25, 0.3) is 0 Å². The minimum absolute atomic E-state index is 0.806. The Morgan fingerprint density at radius 2 is 2.57 bits per heavy atom. The smallest absolute Gasteiger partial charge is 0.145 e. The number of nitrogens with zero attached hydrogens (tertiary/aromatic N) is 3. The van der Waals surface area contributed by atoms with Crippen LogP contribution in [0.2, 0.25) is 0 Å². The number of hydrogen-bond donors (Lipinski definition) is 1. The first kappa shape index (κ1) is 4.82. The monoisotopic (exact) mass is 210 g/mol. The summed E-state index contributed by atoms with van der Waals surface area (Å²) < 4.78 is 0.806. The van der Waals surface area contributed by atoms with Crippen molar-refractivity contribution in [2.24, 2.45) is 0 Å². The lowest BCUT2D eigenvalue weighted by Crippen LogP contribution is -2.11. The predicted octanol–water partition coefficient (Wildman–Crippen LogP) is -0.404. The Morgan fingerprint density at radius 1 is 1.86 bits per heavy atom. The van der Waals surface area contributed by atoms with Gasteiger partial charge in [-0.3, -0.25) is 0 Å². The van der Waals surface area contributed by atoms with E-state index in [9.17, 15) is 0 Å². The average molecular weight is 210 g/mol. The normalized spacial score (nSPS) is 9.29. The summed E-state index contributed by atoms with van der Waals surface area (Å²) in [6.07, 6.45) is 1.58. The maximum atomic E-state index is 5.07. The van der Waals surface area contributed by atoms with Crippen molar-refractivity contribution in [1.82, 2.24) is 15.1 Å².